The lowest BCUT2D eigenvalue weighted by Crippen LogP contribution is -2.17. The van der Waals surface area contributed by atoms with Crippen molar-refractivity contribution in [1.29, 1.82) is 0 Å². The minimum atomic E-state index is -3.55. The first-order chi connectivity index (χ1) is 11.5. The highest BCUT2D eigenvalue weighted by molar-refractivity contribution is 7.94. The summed E-state index contributed by atoms with van der Waals surface area (Å²) in [7, 11) is -3.55. The van der Waals surface area contributed by atoms with Gasteiger partial charge in [0, 0.05) is 5.41 Å². The van der Waals surface area contributed by atoms with Crippen molar-refractivity contribution in [2.24, 2.45) is 0 Å². The highest BCUT2D eigenvalue weighted by Gasteiger charge is 2.15. The topological polar surface area (TPSA) is 69.7 Å². The SMILES string of the molecule is CCCCCC[C@@H](/C=C/S(=O)(=O)c1ccccc1)OC(=O)OCC. The fourth-order valence-electron chi connectivity index (χ4n) is 2.12. The van der Waals surface area contributed by atoms with Crippen LogP contribution in [0, 0.1) is 0 Å². The van der Waals surface area contributed by atoms with E-state index in [1.165, 1.54) is 18.2 Å². The Morgan fingerprint density at radius 3 is 2.46 bits per heavy atom. The van der Waals surface area contributed by atoms with Gasteiger partial charge >= 0.3 is 6.16 Å². The van der Waals surface area contributed by atoms with Crippen molar-refractivity contribution in [3.8, 4) is 0 Å². The van der Waals surface area contributed by atoms with Gasteiger partial charge in [0.25, 0.3) is 0 Å². The van der Waals surface area contributed by atoms with Crippen LogP contribution < -0.4 is 0 Å². The minimum absolute atomic E-state index is 0.210. The van der Waals surface area contributed by atoms with Crippen molar-refractivity contribution < 1.29 is 22.7 Å². The van der Waals surface area contributed by atoms with Gasteiger partial charge < -0.3 is 9.47 Å². The number of hydrogen-bond donors (Lipinski definition) is 0. The third-order valence-electron chi connectivity index (χ3n) is 3.40. The maximum Gasteiger partial charge on any atom is 0.508 e. The predicted octanol–water partition coefficient (Wildman–Crippen LogP) is 4.49. The Morgan fingerprint density at radius 1 is 1.12 bits per heavy atom. The highest BCUT2D eigenvalue weighted by atomic mass is 32.2. The molecule has 24 heavy (non-hydrogen) atoms. The molecule has 0 aliphatic rings. The van der Waals surface area contributed by atoms with Crippen LogP contribution in [0.25, 0.3) is 0 Å². The van der Waals surface area contributed by atoms with Crippen LogP contribution in [0.4, 0.5) is 4.79 Å². The molecule has 0 aliphatic carbocycles. The van der Waals surface area contributed by atoms with Crippen LogP contribution in [0.1, 0.15) is 46.0 Å². The number of hydrogen-bond acceptors (Lipinski definition) is 5. The van der Waals surface area contributed by atoms with Crippen LogP contribution in [0.2, 0.25) is 0 Å². The standard InChI is InChI=1S/C18H26O5S/c1-3-5-6-8-11-16(23-18(19)22-4-2)14-15-24(20,21)17-12-9-7-10-13-17/h7,9-10,12-16H,3-6,8,11H2,1-2H3/b15-14+/t16-/m0/s1. The van der Waals surface area contributed by atoms with E-state index in [0.29, 0.717) is 6.42 Å². The first-order valence-electron chi connectivity index (χ1n) is 8.31. The Bertz CT molecular complexity index is 608. The molecule has 0 saturated carbocycles. The Labute approximate surface area is 144 Å². The van der Waals surface area contributed by atoms with E-state index >= 15 is 0 Å². The van der Waals surface area contributed by atoms with Gasteiger partial charge in [0.2, 0.25) is 0 Å². The molecule has 1 aromatic carbocycles. The van der Waals surface area contributed by atoms with Crippen molar-refractivity contribution >= 4 is 16.0 Å². The molecule has 6 heteroatoms. The third-order valence-corrected chi connectivity index (χ3v) is 4.84. The average Bonchev–Trinajstić information content (AvgIpc) is 2.57. The van der Waals surface area contributed by atoms with E-state index in [1.807, 2.05) is 0 Å². The van der Waals surface area contributed by atoms with Crippen LogP contribution in [-0.2, 0) is 19.3 Å². The van der Waals surface area contributed by atoms with Gasteiger partial charge in [-0.2, -0.15) is 0 Å². The van der Waals surface area contributed by atoms with Crippen LogP contribution in [-0.4, -0.2) is 27.3 Å². The van der Waals surface area contributed by atoms with E-state index in [4.69, 9.17) is 9.47 Å². The Morgan fingerprint density at radius 2 is 1.83 bits per heavy atom. The lowest BCUT2D eigenvalue weighted by molar-refractivity contribution is 0.0376. The van der Waals surface area contributed by atoms with E-state index < -0.39 is 22.1 Å². The summed E-state index contributed by atoms with van der Waals surface area (Å²) in [5, 5.41) is 1.10. The van der Waals surface area contributed by atoms with Gasteiger partial charge in [-0.3, -0.25) is 0 Å². The van der Waals surface area contributed by atoms with Crippen LogP contribution >= 0.6 is 0 Å². The Balaban J connectivity index is 2.76. The first kappa shape index (κ1) is 20.2. The van der Waals surface area contributed by atoms with Gasteiger partial charge in [0.1, 0.15) is 6.10 Å². The zero-order chi connectivity index (χ0) is 17.8. The predicted molar refractivity (Wildman–Crippen MR) is 93.4 cm³/mol. The van der Waals surface area contributed by atoms with E-state index in [2.05, 4.69) is 6.92 Å². The molecule has 0 saturated heterocycles. The normalized spacial score (nSPS) is 12.9. The Kier molecular flexibility index (Phi) is 9.15. The van der Waals surface area contributed by atoms with E-state index in [-0.39, 0.29) is 11.5 Å². The largest absolute Gasteiger partial charge is 0.508 e. The van der Waals surface area contributed by atoms with Crippen LogP contribution in [0.5, 0.6) is 0 Å². The molecule has 5 nitrogen and oxygen atoms in total. The number of ether oxygens (including phenoxy) is 2. The smallest absolute Gasteiger partial charge is 0.435 e. The van der Waals surface area contributed by atoms with Gasteiger partial charge in [0.15, 0.2) is 9.84 Å². The van der Waals surface area contributed by atoms with Crippen molar-refractivity contribution in [3.63, 3.8) is 0 Å². The summed E-state index contributed by atoms with van der Waals surface area (Å²) in [6.07, 6.45) is 4.66. The molecule has 0 amide bonds. The average molecular weight is 354 g/mol. The highest BCUT2D eigenvalue weighted by Crippen LogP contribution is 2.15. The fraction of sp³-hybridized carbons (Fsp3) is 0.500. The van der Waals surface area contributed by atoms with Crippen LogP contribution in [0.3, 0.4) is 0 Å². The molecular weight excluding hydrogens is 328 g/mol. The molecule has 0 unspecified atom stereocenters. The molecule has 0 N–H and O–H groups in total. The van der Waals surface area contributed by atoms with Gasteiger partial charge in [-0.25, -0.2) is 13.2 Å². The number of carbonyl (C=O) groups is 1. The zero-order valence-electron chi connectivity index (χ0n) is 14.3. The van der Waals surface area contributed by atoms with E-state index in [9.17, 15) is 13.2 Å². The summed E-state index contributed by atoms with van der Waals surface area (Å²) in [6.45, 7) is 4.01. The summed E-state index contributed by atoms with van der Waals surface area (Å²) < 4.78 is 34.5. The number of rotatable bonds is 10. The number of unbranched alkanes of at least 4 members (excludes halogenated alkanes) is 3. The number of carbonyl (C=O) groups excluding carboxylic acids is 1. The van der Waals surface area contributed by atoms with Crippen LogP contribution in [0.15, 0.2) is 46.7 Å². The molecule has 1 rings (SSSR count). The molecule has 134 valence electrons. The summed E-state index contributed by atoms with van der Waals surface area (Å²) >= 11 is 0. The molecule has 0 bridgehead atoms. The lowest BCUT2D eigenvalue weighted by atomic mass is 10.1. The van der Waals surface area contributed by atoms with Gasteiger partial charge in [-0.1, -0.05) is 44.4 Å². The minimum Gasteiger partial charge on any atom is -0.435 e. The molecule has 0 spiro atoms. The monoisotopic (exact) mass is 354 g/mol. The molecule has 0 fully saturated rings. The molecule has 1 aromatic rings. The second-order valence-corrected chi connectivity index (χ2v) is 7.21. The van der Waals surface area contributed by atoms with Crippen molar-refractivity contribution in [2.45, 2.75) is 57.0 Å². The van der Waals surface area contributed by atoms with Crippen molar-refractivity contribution in [2.75, 3.05) is 6.61 Å². The molecule has 0 heterocycles. The van der Waals surface area contributed by atoms with E-state index in [1.54, 1.807) is 25.1 Å². The summed E-state index contributed by atoms with van der Waals surface area (Å²) in [4.78, 5) is 11.7. The van der Waals surface area contributed by atoms with Crippen molar-refractivity contribution in [1.82, 2.24) is 0 Å². The third kappa shape index (κ3) is 7.64. The molecule has 0 aliphatic heterocycles. The van der Waals surface area contributed by atoms with Gasteiger partial charge in [0.05, 0.1) is 11.5 Å². The maximum atomic E-state index is 12.3. The second-order valence-electron chi connectivity index (χ2n) is 5.38. The van der Waals surface area contributed by atoms with Gasteiger partial charge in [-0.15, -0.1) is 0 Å². The fourth-order valence-corrected chi connectivity index (χ4v) is 3.20. The summed E-state index contributed by atoms with van der Waals surface area (Å²) in [5.74, 6) is 0. The number of sulfone groups is 1. The van der Waals surface area contributed by atoms with Crippen molar-refractivity contribution in [3.05, 3.63) is 41.8 Å². The summed E-state index contributed by atoms with van der Waals surface area (Å²) in [6, 6.07) is 8.14. The zero-order valence-corrected chi connectivity index (χ0v) is 15.1. The molecular formula is C18H26O5S. The maximum absolute atomic E-state index is 12.3. The number of benzene rings is 1. The molecule has 0 aromatic heterocycles. The Hall–Kier alpha value is -1.82. The quantitative estimate of drug-likeness (QED) is 0.457. The first-order valence-corrected chi connectivity index (χ1v) is 9.86. The lowest BCUT2D eigenvalue weighted by Gasteiger charge is -2.14. The second kappa shape index (κ2) is 10.9. The van der Waals surface area contributed by atoms with E-state index in [0.717, 1.165) is 31.1 Å². The molecule has 1 atom stereocenters. The summed E-state index contributed by atoms with van der Waals surface area (Å²) in [5.41, 5.74) is 0. The molecule has 0 radical (unpaired) electrons. The van der Waals surface area contributed by atoms with Gasteiger partial charge in [-0.05, 0) is 38.0 Å².